The maximum absolute atomic E-state index is 11.2. The molecule has 6 heteroatoms. The van der Waals surface area contributed by atoms with Crippen LogP contribution in [0.2, 0.25) is 0 Å². The predicted octanol–water partition coefficient (Wildman–Crippen LogP) is 0.494. The van der Waals surface area contributed by atoms with Crippen molar-refractivity contribution in [3.8, 4) is 0 Å². The number of ether oxygens (including phenoxy) is 1. The molecule has 0 radical (unpaired) electrons. The van der Waals surface area contributed by atoms with Crippen LogP contribution < -0.4 is 5.73 Å². The van der Waals surface area contributed by atoms with E-state index in [2.05, 4.69) is 13.8 Å². The molecule has 2 unspecified atom stereocenters. The zero-order valence-corrected chi connectivity index (χ0v) is 13.8. The monoisotopic (exact) mass is 292 g/mol. The smallest absolute Gasteiger partial charge is 0.148 e. The molecule has 0 saturated carbocycles. The normalized spacial score (nSPS) is 29.9. The fourth-order valence-corrected chi connectivity index (χ4v) is 3.46. The number of nitrogens with zero attached hydrogens (tertiary/aromatic N) is 1. The molecule has 0 amide bonds. The zero-order chi connectivity index (χ0) is 15.1. The lowest BCUT2D eigenvalue weighted by atomic mass is 9.83. The van der Waals surface area contributed by atoms with E-state index >= 15 is 0 Å². The average Bonchev–Trinajstić information content (AvgIpc) is 2.33. The molecule has 0 aromatic rings. The minimum atomic E-state index is -2.92. The Morgan fingerprint density at radius 1 is 1.21 bits per heavy atom. The van der Waals surface area contributed by atoms with E-state index in [1.807, 2.05) is 25.8 Å². The Labute approximate surface area is 117 Å². The number of rotatable bonds is 5. The molecule has 1 heterocycles. The second-order valence-electron chi connectivity index (χ2n) is 6.83. The molecular formula is C13H28N2O3S. The average molecular weight is 292 g/mol. The molecule has 1 aliphatic rings. The van der Waals surface area contributed by atoms with Crippen molar-refractivity contribution in [1.82, 2.24) is 4.90 Å². The molecule has 0 aliphatic carbocycles. The Bertz CT molecular complexity index is 418. The summed E-state index contributed by atoms with van der Waals surface area (Å²) in [5.74, 6) is 0.364. The highest BCUT2D eigenvalue weighted by Gasteiger charge is 2.52. The van der Waals surface area contributed by atoms with Gasteiger partial charge in [0.1, 0.15) is 9.84 Å². The summed E-state index contributed by atoms with van der Waals surface area (Å²) in [6.07, 6.45) is 1.26. The van der Waals surface area contributed by atoms with Crippen molar-refractivity contribution < 1.29 is 13.2 Å². The SMILES string of the molecule is CN(CCS(C)(=O)=O)CC1C(N)C(C)(C)OC1(C)C. The van der Waals surface area contributed by atoms with Gasteiger partial charge in [-0.2, -0.15) is 0 Å². The molecule has 0 spiro atoms. The van der Waals surface area contributed by atoms with Crippen LogP contribution in [0.15, 0.2) is 0 Å². The largest absolute Gasteiger partial charge is 0.368 e. The minimum absolute atomic E-state index is 0.0526. The third-order valence-corrected chi connectivity index (χ3v) is 4.93. The quantitative estimate of drug-likeness (QED) is 0.798. The molecule has 19 heavy (non-hydrogen) atoms. The number of hydrogen-bond donors (Lipinski definition) is 1. The number of nitrogens with two attached hydrogens (primary N) is 1. The summed E-state index contributed by atoms with van der Waals surface area (Å²) in [5, 5.41) is 0. The lowest BCUT2D eigenvalue weighted by Gasteiger charge is -2.31. The molecule has 0 bridgehead atoms. The second-order valence-corrected chi connectivity index (χ2v) is 9.09. The van der Waals surface area contributed by atoms with Crippen LogP contribution >= 0.6 is 0 Å². The van der Waals surface area contributed by atoms with E-state index in [4.69, 9.17) is 10.5 Å². The van der Waals surface area contributed by atoms with Crippen molar-refractivity contribution in [2.75, 3.05) is 32.1 Å². The van der Waals surface area contributed by atoms with E-state index in [-0.39, 0.29) is 28.9 Å². The van der Waals surface area contributed by atoms with Gasteiger partial charge in [-0.1, -0.05) is 0 Å². The van der Waals surface area contributed by atoms with Crippen molar-refractivity contribution in [3.05, 3.63) is 0 Å². The molecule has 114 valence electrons. The van der Waals surface area contributed by atoms with Crippen LogP contribution in [-0.4, -0.2) is 62.7 Å². The van der Waals surface area contributed by atoms with Crippen molar-refractivity contribution in [2.45, 2.75) is 44.9 Å². The van der Waals surface area contributed by atoms with Crippen molar-refractivity contribution in [1.29, 1.82) is 0 Å². The Balaban J connectivity index is 2.65. The van der Waals surface area contributed by atoms with E-state index in [0.29, 0.717) is 6.54 Å². The molecule has 0 aromatic carbocycles. The lowest BCUT2D eigenvalue weighted by Crippen LogP contribution is -2.48. The van der Waals surface area contributed by atoms with Crippen LogP contribution in [-0.2, 0) is 14.6 Å². The highest BCUT2D eigenvalue weighted by Crippen LogP contribution is 2.41. The summed E-state index contributed by atoms with van der Waals surface area (Å²) >= 11 is 0. The third kappa shape index (κ3) is 4.41. The Morgan fingerprint density at radius 2 is 1.74 bits per heavy atom. The third-order valence-electron chi connectivity index (χ3n) is 4.01. The second kappa shape index (κ2) is 5.31. The van der Waals surface area contributed by atoms with Gasteiger partial charge < -0.3 is 15.4 Å². The van der Waals surface area contributed by atoms with Gasteiger partial charge in [-0.3, -0.25) is 0 Å². The lowest BCUT2D eigenvalue weighted by molar-refractivity contribution is -0.0779. The highest BCUT2D eigenvalue weighted by molar-refractivity contribution is 7.90. The van der Waals surface area contributed by atoms with E-state index in [1.54, 1.807) is 0 Å². The first-order valence-corrected chi connectivity index (χ1v) is 8.73. The maximum atomic E-state index is 11.2. The van der Waals surface area contributed by atoms with E-state index < -0.39 is 9.84 Å². The molecule has 1 saturated heterocycles. The summed E-state index contributed by atoms with van der Waals surface area (Å²) in [6.45, 7) is 9.39. The van der Waals surface area contributed by atoms with Crippen LogP contribution in [0.3, 0.4) is 0 Å². The van der Waals surface area contributed by atoms with Gasteiger partial charge in [0.25, 0.3) is 0 Å². The van der Waals surface area contributed by atoms with Crippen LogP contribution in [0.25, 0.3) is 0 Å². The maximum Gasteiger partial charge on any atom is 0.148 e. The van der Waals surface area contributed by atoms with Gasteiger partial charge in [0.05, 0.1) is 17.0 Å². The number of sulfone groups is 1. The van der Waals surface area contributed by atoms with E-state index in [1.165, 1.54) is 6.26 Å². The Morgan fingerprint density at radius 3 is 2.11 bits per heavy atom. The topological polar surface area (TPSA) is 72.6 Å². The van der Waals surface area contributed by atoms with Crippen molar-refractivity contribution in [2.24, 2.45) is 11.7 Å². The summed E-state index contributed by atoms with van der Waals surface area (Å²) in [4.78, 5) is 2.03. The first-order valence-electron chi connectivity index (χ1n) is 6.67. The Hall–Kier alpha value is -0.170. The molecule has 1 aliphatic heterocycles. The van der Waals surface area contributed by atoms with Gasteiger partial charge >= 0.3 is 0 Å². The van der Waals surface area contributed by atoms with E-state index in [0.717, 1.165) is 6.54 Å². The van der Waals surface area contributed by atoms with Gasteiger partial charge in [-0.05, 0) is 34.7 Å². The number of hydrogen-bond acceptors (Lipinski definition) is 5. The predicted molar refractivity (Wildman–Crippen MR) is 77.9 cm³/mol. The van der Waals surface area contributed by atoms with Gasteiger partial charge in [0.2, 0.25) is 0 Å². The van der Waals surface area contributed by atoms with Gasteiger partial charge in [0.15, 0.2) is 0 Å². The summed E-state index contributed by atoms with van der Waals surface area (Å²) in [7, 11) is -0.992. The zero-order valence-electron chi connectivity index (χ0n) is 12.9. The fourth-order valence-electron chi connectivity index (χ4n) is 2.82. The Kier molecular flexibility index (Phi) is 4.72. The minimum Gasteiger partial charge on any atom is -0.368 e. The van der Waals surface area contributed by atoms with Gasteiger partial charge in [-0.15, -0.1) is 0 Å². The molecule has 1 rings (SSSR count). The molecule has 0 aromatic heterocycles. The van der Waals surface area contributed by atoms with Crippen LogP contribution in [0.5, 0.6) is 0 Å². The summed E-state index contributed by atoms with van der Waals surface area (Å²) < 4.78 is 28.4. The van der Waals surface area contributed by atoms with Gasteiger partial charge in [0, 0.05) is 31.3 Å². The van der Waals surface area contributed by atoms with Crippen LogP contribution in [0, 0.1) is 5.92 Å². The van der Waals surface area contributed by atoms with Crippen molar-refractivity contribution in [3.63, 3.8) is 0 Å². The highest BCUT2D eigenvalue weighted by atomic mass is 32.2. The van der Waals surface area contributed by atoms with Gasteiger partial charge in [-0.25, -0.2) is 8.42 Å². The summed E-state index contributed by atoms with van der Waals surface area (Å²) in [5.41, 5.74) is 5.66. The van der Waals surface area contributed by atoms with E-state index in [9.17, 15) is 8.42 Å². The van der Waals surface area contributed by atoms with Crippen LogP contribution in [0.1, 0.15) is 27.7 Å². The molecule has 5 nitrogen and oxygen atoms in total. The first kappa shape index (κ1) is 16.9. The molecular weight excluding hydrogens is 264 g/mol. The standard InChI is InChI=1S/C13H28N2O3S/c1-12(2)10(11(14)13(3,4)18-12)9-15(5)7-8-19(6,16)17/h10-11H,7-9,14H2,1-6H3. The first-order chi connectivity index (χ1) is 8.35. The van der Waals surface area contributed by atoms with Crippen LogP contribution in [0.4, 0.5) is 0 Å². The summed E-state index contributed by atoms with van der Waals surface area (Å²) in [6, 6.07) is -0.0526. The molecule has 1 fully saturated rings. The fraction of sp³-hybridized carbons (Fsp3) is 1.00. The van der Waals surface area contributed by atoms with Crippen molar-refractivity contribution >= 4 is 9.84 Å². The molecule has 2 atom stereocenters. The molecule has 2 N–H and O–H groups in total.